The van der Waals surface area contributed by atoms with Gasteiger partial charge in [-0.05, 0) is 38.1 Å². The molecule has 2 rings (SSSR count). The summed E-state index contributed by atoms with van der Waals surface area (Å²) in [5.74, 6) is -1.21. The second-order valence-electron chi connectivity index (χ2n) is 4.79. The maximum atomic E-state index is 12.6. The molecule has 1 unspecified atom stereocenters. The van der Waals surface area contributed by atoms with E-state index in [4.69, 9.17) is 5.11 Å². The van der Waals surface area contributed by atoms with Crippen molar-refractivity contribution in [2.24, 2.45) is 0 Å². The number of aliphatic carboxylic acids is 1. The SMILES string of the molecule is CNS(=O)(=O)c1cccc(S(=O)(=O)N2CCCC2C(=O)O)c1. The van der Waals surface area contributed by atoms with E-state index in [-0.39, 0.29) is 22.8 Å². The van der Waals surface area contributed by atoms with Crippen LogP contribution in [0, 0.1) is 0 Å². The van der Waals surface area contributed by atoms with E-state index in [1.54, 1.807) is 0 Å². The minimum absolute atomic E-state index is 0.0995. The molecule has 8 nitrogen and oxygen atoms in total. The number of rotatable bonds is 5. The quantitative estimate of drug-likeness (QED) is 0.762. The van der Waals surface area contributed by atoms with Crippen molar-refractivity contribution in [1.29, 1.82) is 0 Å². The van der Waals surface area contributed by atoms with Crippen molar-refractivity contribution in [1.82, 2.24) is 9.03 Å². The van der Waals surface area contributed by atoms with Crippen molar-refractivity contribution in [2.45, 2.75) is 28.7 Å². The van der Waals surface area contributed by atoms with Crippen LogP contribution in [-0.4, -0.2) is 51.9 Å². The van der Waals surface area contributed by atoms with Gasteiger partial charge in [-0.1, -0.05) is 6.07 Å². The minimum Gasteiger partial charge on any atom is -0.480 e. The van der Waals surface area contributed by atoms with E-state index in [9.17, 15) is 21.6 Å². The Labute approximate surface area is 128 Å². The summed E-state index contributed by atoms with van der Waals surface area (Å²) in [6.45, 7) is 0.0995. The average molecular weight is 348 g/mol. The van der Waals surface area contributed by atoms with Crippen LogP contribution in [0.15, 0.2) is 34.1 Å². The molecule has 0 bridgehead atoms. The first-order valence-corrected chi connectivity index (χ1v) is 9.41. The van der Waals surface area contributed by atoms with Gasteiger partial charge < -0.3 is 5.11 Å². The van der Waals surface area contributed by atoms with Gasteiger partial charge in [-0.25, -0.2) is 21.6 Å². The Morgan fingerprint density at radius 3 is 2.50 bits per heavy atom. The summed E-state index contributed by atoms with van der Waals surface area (Å²) in [4.78, 5) is 10.7. The molecule has 0 amide bonds. The zero-order valence-electron chi connectivity index (χ0n) is 11.8. The Morgan fingerprint density at radius 2 is 1.91 bits per heavy atom. The lowest BCUT2D eigenvalue weighted by molar-refractivity contribution is -0.140. The van der Waals surface area contributed by atoms with Gasteiger partial charge in [0.05, 0.1) is 9.79 Å². The first-order valence-electron chi connectivity index (χ1n) is 6.48. The van der Waals surface area contributed by atoms with Gasteiger partial charge in [0.15, 0.2) is 0 Å². The highest BCUT2D eigenvalue weighted by Gasteiger charge is 2.39. The first kappa shape index (κ1) is 16.9. The molecular formula is C12H16N2O6S2. The number of carboxylic acids is 1. The van der Waals surface area contributed by atoms with Crippen molar-refractivity contribution in [3.63, 3.8) is 0 Å². The van der Waals surface area contributed by atoms with Gasteiger partial charge in [0.1, 0.15) is 6.04 Å². The van der Waals surface area contributed by atoms with Crippen LogP contribution in [0.5, 0.6) is 0 Å². The van der Waals surface area contributed by atoms with Gasteiger partial charge in [-0.2, -0.15) is 4.31 Å². The zero-order chi connectivity index (χ0) is 16.5. The lowest BCUT2D eigenvalue weighted by atomic mass is 10.2. The van der Waals surface area contributed by atoms with Crippen molar-refractivity contribution in [2.75, 3.05) is 13.6 Å². The summed E-state index contributed by atoms with van der Waals surface area (Å²) in [5, 5.41) is 9.10. The summed E-state index contributed by atoms with van der Waals surface area (Å²) in [6.07, 6.45) is 0.688. The van der Waals surface area contributed by atoms with Gasteiger partial charge in [0.2, 0.25) is 20.0 Å². The zero-order valence-corrected chi connectivity index (χ0v) is 13.4. The number of sulfonamides is 2. The van der Waals surface area contributed by atoms with E-state index in [0.717, 1.165) is 10.4 Å². The normalized spacial score (nSPS) is 20.1. The fraction of sp³-hybridized carbons (Fsp3) is 0.417. The predicted octanol–water partition coefficient (Wildman–Crippen LogP) is -0.168. The third kappa shape index (κ3) is 3.00. The highest BCUT2D eigenvalue weighted by atomic mass is 32.2. The average Bonchev–Trinajstić information content (AvgIpc) is 2.98. The third-order valence-corrected chi connectivity index (χ3v) is 6.80. The molecule has 0 saturated carbocycles. The molecule has 0 radical (unpaired) electrons. The summed E-state index contributed by atoms with van der Waals surface area (Å²) in [7, 11) is -6.63. The van der Waals surface area contributed by atoms with Gasteiger partial charge in [0.25, 0.3) is 0 Å². The Kier molecular flexibility index (Phi) is 4.57. The van der Waals surface area contributed by atoms with Gasteiger partial charge in [0, 0.05) is 6.54 Å². The summed E-state index contributed by atoms with van der Waals surface area (Å²) in [6, 6.07) is 3.74. The molecule has 1 fully saturated rings. The van der Waals surface area contributed by atoms with Crippen LogP contribution < -0.4 is 4.72 Å². The topological polar surface area (TPSA) is 121 Å². The van der Waals surface area contributed by atoms with Gasteiger partial charge >= 0.3 is 5.97 Å². The van der Waals surface area contributed by atoms with E-state index in [1.807, 2.05) is 0 Å². The minimum atomic E-state index is -4.06. The van der Waals surface area contributed by atoms with Crippen LogP contribution in [-0.2, 0) is 24.8 Å². The molecule has 1 aromatic rings. The van der Waals surface area contributed by atoms with E-state index < -0.39 is 32.1 Å². The standard InChI is InChI=1S/C12H16N2O6S2/c1-13-21(17,18)9-4-2-5-10(8-9)22(19,20)14-7-3-6-11(14)12(15)16/h2,4-5,8,11,13H,3,6-7H2,1H3,(H,15,16). The molecule has 1 atom stereocenters. The summed E-state index contributed by atoms with van der Waals surface area (Å²) < 4.78 is 51.7. The van der Waals surface area contributed by atoms with Crippen molar-refractivity contribution >= 4 is 26.0 Å². The molecule has 122 valence electrons. The first-order chi connectivity index (χ1) is 10.2. The smallest absolute Gasteiger partial charge is 0.322 e. The van der Waals surface area contributed by atoms with Crippen LogP contribution in [0.1, 0.15) is 12.8 Å². The number of nitrogens with one attached hydrogen (secondary N) is 1. The van der Waals surface area contributed by atoms with E-state index >= 15 is 0 Å². The molecular weight excluding hydrogens is 332 g/mol. The van der Waals surface area contributed by atoms with Crippen molar-refractivity contribution < 1.29 is 26.7 Å². The van der Waals surface area contributed by atoms with Crippen LogP contribution in [0.25, 0.3) is 0 Å². The fourth-order valence-electron chi connectivity index (χ4n) is 2.33. The molecule has 1 aromatic carbocycles. The number of carbonyl (C=O) groups is 1. The van der Waals surface area contributed by atoms with Crippen LogP contribution >= 0.6 is 0 Å². The molecule has 2 N–H and O–H groups in total. The molecule has 0 spiro atoms. The maximum absolute atomic E-state index is 12.6. The highest BCUT2D eigenvalue weighted by molar-refractivity contribution is 7.90. The van der Waals surface area contributed by atoms with E-state index in [2.05, 4.69) is 4.72 Å². The van der Waals surface area contributed by atoms with Gasteiger partial charge in [-0.3, -0.25) is 4.79 Å². The van der Waals surface area contributed by atoms with Gasteiger partial charge in [-0.15, -0.1) is 0 Å². The Bertz CT molecular complexity index is 788. The van der Waals surface area contributed by atoms with Crippen molar-refractivity contribution in [3.05, 3.63) is 24.3 Å². The third-order valence-electron chi connectivity index (χ3n) is 3.48. The monoisotopic (exact) mass is 348 g/mol. The van der Waals surface area contributed by atoms with E-state index in [0.29, 0.717) is 6.42 Å². The molecule has 10 heteroatoms. The Balaban J connectivity index is 2.47. The number of benzene rings is 1. The summed E-state index contributed by atoms with van der Waals surface area (Å²) in [5.41, 5.74) is 0. The van der Waals surface area contributed by atoms with Crippen LogP contribution in [0.2, 0.25) is 0 Å². The largest absolute Gasteiger partial charge is 0.480 e. The Hall–Kier alpha value is -1.49. The molecule has 1 saturated heterocycles. The second kappa shape index (κ2) is 5.95. The number of carboxylic acid groups (broad SMARTS) is 1. The van der Waals surface area contributed by atoms with E-state index in [1.165, 1.54) is 25.2 Å². The Morgan fingerprint density at radius 1 is 1.27 bits per heavy atom. The molecule has 1 heterocycles. The number of nitrogens with zero attached hydrogens (tertiary/aromatic N) is 1. The van der Waals surface area contributed by atoms with Crippen LogP contribution in [0.4, 0.5) is 0 Å². The molecule has 0 aromatic heterocycles. The fourth-order valence-corrected chi connectivity index (χ4v) is 4.88. The molecule has 0 aliphatic carbocycles. The lowest BCUT2D eigenvalue weighted by Gasteiger charge is -2.21. The molecule has 22 heavy (non-hydrogen) atoms. The lowest BCUT2D eigenvalue weighted by Crippen LogP contribution is -2.40. The second-order valence-corrected chi connectivity index (χ2v) is 8.57. The summed E-state index contributed by atoms with van der Waals surface area (Å²) >= 11 is 0. The maximum Gasteiger partial charge on any atom is 0.322 e. The number of hydrogen-bond acceptors (Lipinski definition) is 5. The molecule has 1 aliphatic heterocycles. The van der Waals surface area contributed by atoms with Crippen molar-refractivity contribution in [3.8, 4) is 0 Å². The molecule has 1 aliphatic rings. The highest BCUT2D eigenvalue weighted by Crippen LogP contribution is 2.27. The van der Waals surface area contributed by atoms with Crippen LogP contribution in [0.3, 0.4) is 0 Å². The predicted molar refractivity (Wildman–Crippen MR) is 77.2 cm³/mol. The number of hydrogen-bond donors (Lipinski definition) is 2.